The van der Waals surface area contributed by atoms with Crippen molar-refractivity contribution in [1.29, 1.82) is 0 Å². The first-order valence-electron chi connectivity index (χ1n) is 7.50. The molecule has 130 valence electrons. The van der Waals surface area contributed by atoms with E-state index in [9.17, 15) is 9.18 Å². The first kappa shape index (κ1) is 17.2. The maximum atomic E-state index is 13.5. The van der Waals surface area contributed by atoms with Crippen LogP contribution in [0.15, 0.2) is 36.5 Å². The van der Waals surface area contributed by atoms with Crippen LogP contribution >= 0.6 is 11.6 Å². The monoisotopic (exact) mass is 363 g/mol. The normalized spacial score (nSPS) is 12.3. The number of aromatic nitrogens is 3. The second-order valence-corrected chi connectivity index (χ2v) is 5.95. The Bertz CT molecular complexity index is 929. The molecule has 0 aliphatic rings. The molecule has 8 heteroatoms. The molecule has 0 aliphatic heterocycles. The van der Waals surface area contributed by atoms with Crippen molar-refractivity contribution in [2.24, 2.45) is 0 Å². The van der Waals surface area contributed by atoms with Crippen LogP contribution in [0, 0.1) is 0 Å². The second-order valence-electron chi connectivity index (χ2n) is 5.51. The summed E-state index contributed by atoms with van der Waals surface area (Å²) in [7, 11) is 1.42. The van der Waals surface area contributed by atoms with Gasteiger partial charge in [-0.1, -0.05) is 23.7 Å². The van der Waals surface area contributed by atoms with Gasteiger partial charge < -0.3 is 9.84 Å². The Labute approximate surface area is 147 Å². The molecule has 0 bridgehead atoms. The predicted molar refractivity (Wildman–Crippen MR) is 90.4 cm³/mol. The summed E-state index contributed by atoms with van der Waals surface area (Å²) in [6.07, 6.45) is 1.60. The van der Waals surface area contributed by atoms with E-state index in [2.05, 4.69) is 10.1 Å². The van der Waals surface area contributed by atoms with Gasteiger partial charge in [-0.2, -0.15) is 5.10 Å². The minimum atomic E-state index is -1.10. The van der Waals surface area contributed by atoms with Crippen LogP contribution < -0.4 is 4.74 Å². The third kappa shape index (κ3) is 3.56. The molecule has 3 aromatic rings. The maximum absolute atomic E-state index is 13.5. The molecule has 1 aromatic carbocycles. The fraction of sp³-hybridized carbons (Fsp3) is 0.235. The summed E-state index contributed by atoms with van der Waals surface area (Å²) >= 11 is 5.97. The number of hydrogen-bond acceptors (Lipinski definition) is 4. The molecular formula is C17H15ClFN3O3. The molecule has 0 radical (unpaired) electrons. The molecule has 0 saturated carbocycles. The molecule has 1 N–H and O–H groups in total. The number of methoxy groups -OCH3 is 1. The zero-order chi connectivity index (χ0) is 18.0. The van der Waals surface area contributed by atoms with Gasteiger partial charge in [0.1, 0.15) is 0 Å². The first-order valence-corrected chi connectivity index (χ1v) is 7.87. The smallest absolute Gasteiger partial charge is 0.337 e. The zero-order valence-corrected chi connectivity index (χ0v) is 14.1. The van der Waals surface area contributed by atoms with Crippen molar-refractivity contribution in [2.45, 2.75) is 12.3 Å². The summed E-state index contributed by atoms with van der Waals surface area (Å²) < 4.78 is 20.0. The van der Waals surface area contributed by atoms with E-state index in [1.807, 2.05) is 0 Å². The zero-order valence-electron chi connectivity index (χ0n) is 13.3. The van der Waals surface area contributed by atoms with Gasteiger partial charge in [-0.05, 0) is 17.7 Å². The highest BCUT2D eigenvalue weighted by Crippen LogP contribution is 2.25. The van der Waals surface area contributed by atoms with E-state index in [1.165, 1.54) is 23.9 Å². The van der Waals surface area contributed by atoms with E-state index >= 15 is 0 Å². The number of pyridine rings is 1. The fourth-order valence-electron chi connectivity index (χ4n) is 2.60. The van der Waals surface area contributed by atoms with Crippen LogP contribution in [0.4, 0.5) is 4.39 Å². The lowest BCUT2D eigenvalue weighted by Gasteiger charge is -2.11. The van der Waals surface area contributed by atoms with Crippen LogP contribution in [0.5, 0.6) is 5.75 Å². The highest BCUT2D eigenvalue weighted by molar-refractivity contribution is 6.30. The summed E-state index contributed by atoms with van der Waals surface area (Å²) in [4.78, 5) is 15.5. The number of nitrogens with zero attached hydrogens (tertiary/aromatic N) is 3. The lowest BCUT2D eigenvalue weighted by molar-refractivity contribution is 0.0695. The Morgan fingerprint density at radius 3 is 2.88 bits per heavy atom. The number of ether oxygens (including phenoxy) is 1. The predicted octanol–water partition coefficient (Wildman–Crippen LogP) is 3.39. The van der Waals surface area contributed by atoms with E-state index < -0.39 is 18.6 Å². The van der Waals surface area contributed by atoms with E-state index in [0.29, 0.717) is 22.2 Å². The number of benzene rings is 1. The van der Waals surface area contributed by atoms with Crippen molar-refractivity contribution in [1.82, 2.24) is 14.6 Å². The molecular weight excluding hydrogens is 349 g/mol. The molecule has 0 spiro atoms. The average molecular weight is 364 g/mol. The lowest BCUT2D eigenvalue weighted by atomic mass is 9.97. The van der Waals surface area contributed by atoms with Gasteiger partial charge in [-0.15, -0.1) is 0 Å². The van der Waals surface area contributed by atoms with Crippen LogP contribution in [0.3, 0.4) is 0 Å². The molecule has 0 aliphatic carbocycles. The minimum Gasteiger partial charge on any atom is -0.493 e. The van der Waals surface area contributed by atoms with Crippen molar-refractivity contribution in [2.75, 3.05) is 13.8 Å². The molecule has 6 nitrogen and oxygen atoms in total. The number of aromatic carboxylic acids is 1. The van der Waals surface area contributed by atoms with E-state index in [0.717, 1.165) is 5.56 Å². The Balaban J connectivity index is 1.97. The molecule has 1 atom stereocenters. The average Bonchev–Trinajstić information content (AvgIpc) is 3.01. The van der Waals surface area contributed by atoms with Crippen LogP contribution in [0.2, 0.25) is 5.02 Å². The molecule has 1 unspecified atom stereocenters. The molecule has 2 heterocycles. The van der Waals surface area contributed by atoms with Crippen molar-refractivity contribution in [3.05, 3.63) is 58.5 Å². The third-order valence-corrected chi connectivity index (χ3v) is 4.08. The Morgan fingerprint density at radius 2 is 2.24 bits per heavy atom. The van der Waals surface area contributed by atoms with Crippen LogP contribution in [0.1, 0.15) is 27.7 Å². The summed E-state index contributed by atoms with van der Waals surface area (Å²) in [5, 5.41) is 13.9. The van der Waals surface area contributed by atoms with Gasteiger partial charge in [0.05, 0.1) is 19.3 Å². The number of fused-ring (bicyclic) bond motifs is 1. The highest BCUT2D eigenvalue weighted by Gasteiger charge is 2.18. The maximum Gasteiger partial charge on any atom is 0.337 e. The topological polar surface area (TPSA) is 76.7 Å². The molecule has 25 heavy (non-hydrogen) atoms. The molecule has 0 fully saturated rings. The summed E-state index contributed by atoms with van der Waals surface area (Å²) in [6, 6.07) is 8.38. The second kappa shape index (κ2) is 7.06. The van der Waals surface area contributed by atoms with E-state index in [4.69, 9.17) is 21.4 Å². The van der Waals surface area contributed by atoms with Crippen LogP contribution in [0.25, 0.3) is 5.65 Å². The van der Waals surface area contributed by atoms with E-state index in [1.54, 1.807) is 24.3 Å². The van der Waals surface area contributed by atoms with Crippen molar-refractivity contribution in [3.63, 3.8) is 0 Å². The standard InChI is InChI=1S/C17H15ClFN3O3/c1-25-14-6-12(17(23)24)9-22-16(14)20-15(21-22)7-11(8-19)10-3-2-4-13(18)5-10/h2-6,9,11H,7-8H2,1H3,(H,23,24). The molecule has 2 aromatic heterocycles. The number of hydrogen-bond donors (Lipinski definition) is 1. The Kier molecular flexibility index (Phi) is 4.85. The Morgan fingerprint density at radius 1 is 1.44 bits per heavy atom. The Hall–Kier alpha value is -2.67. The third-order valence-electron chi connectivity index (χ3n) is 3.85. The fourth-order valence-corrected chi connectivity index (χ4v) is 2.80. The number of carboxylic acids is 1. The summed E-state index contributed by atoms with van der Waals surface area (Å²) in [5.74, 6) is -0.861. The molecule has 3 rings (SSSR count). The van der Waals surface area contributed by atoms with Gasteiger partial charge in [-0.25, -0.2) is 14.3 Å². The minimum absolute atomic E-state index is 0.0256. The van der Waals surface area contributed by atoms with Gasteiger partial charge in [-0.3, -0.25) is 4.39 Å². The van der Waals surface area contributed by atoms with Gasteiger partial charge in [0.15, 0.2) is 17.2 Å². The van der Waals surface area contributed by atoms with Gasteiger partial charge >= 0.3 is 5.97 Å². The van der Waals surface area contributed by atoms with Gasteiger partial charge in [0, 0.05) is 29.6 Å². The number of rotatable bonds is 6. The quantitative estimate of drug-likeness (QED) is 0.726. The number of carboxylic acid groups (broad SMARTS) is 1. The van der Waals surface area contributed by atoms with Crippen molar-refractivity contribution >= 4 is 23.2 Å². The van der Waals surface area contributed by atoms with Crippen LogP contribution in [-0.4, -0.2) is 39.5 Å². The number of halogens is 2. The lowest BCUT2D eigenvalue weighted by Crippen LogP contribution is -2.07. The van der Waals surface area contributed by atoms with Crippen molar-refractivity contribution in [3.8, 4) is 5.75 Å². The molecule has 0 saturated heterocycles. The number of carbonyl (C=O) groups is 1. The SMILES string of the molecule is COc1cc(C(=O)O)cn2nc(CC(CF)c3cccc(Cl)c3)nc12. The van der Waals surface area contributed by atoms with Crippen molar-refractivity contribution < 1.29 is 19.0 Å². The van der Waals surface area contributed by atoms with Gasteiger partial charge in [0.25, 0.3) is 0 Å². The van der Waals surface area contributed by atoms with Gasteiger partial charge in [0.2, 0.25) is 0 Å². The first-order chi connectivity index (χ1) is 12.0. The van der Waals surface area contributed by atoms with Crippen LogP contribution in [-0.2, 0) is 6.42 Å². The molecule has 0 amide bonds. The highest BCUT2D eigenvalue weighted by atomic mass is 35.5. The summed E-state index contributed by atoms with van der Waals surface area (Å²) in [6.45, 7) is -0.590. The van der Waals surface area contributed by atoms with E-state index in [-0.39, 0.29) is 12.0 Å². The number of alkyl halides is 1. The summed E-state index contributed by atoms with van der Waals surface area (Å²) in [5.41, 5.74) is 1.16. The largest absolute Gasteiger partial charge is 0.493 e.